The van der Waals surface area contributed by atoms with Gasteiger partial charge in [0.2, 0.25) is 15.9 Å². The first-order valence-electron chi connectivity index (χ1n) is 6.25. The van der Waals surface area contributed by atoms with Crippen LogP contribution in [0.1, 0.15) is 0 Å². The SMILES string of the molecule is COc1ccc(-n2c(Cl)c(S(N)(=O)=O)c3ccccc32)cn1. The number of pyridine rings is 1. The maximum absolute atomic E-state index is 11.9. The van der Waals surface area contributed by atoms with Gasteiger partial charge in [-0.3, -0.25) is 4.57 Å². The van der Waals surface area contributed by atoms with Gasteiger partial charge in [-0.25, -0.2) is 18.5 Å². The predicted octanol–water partition coefficient (Wildman–Crippen LogP) is 2.33. The molecular weight excluding hydrogens is 326 g/mol. The molecule has 3 rings (SSSR count). The molecule has 0 unspecified atom stereocenters. The number of hydrogen-bond acceptors (Lipinski definition) is 4. The summed E-state index contributed by atoms with van der Waals surface area (Å²) in [6.07, 6.45) is 1.55. The first kappa shape index (κ1) is 14.8. The van der Waals surface area contributed by atoms with Crippen molar-refractivity contribution in [2.75, 3.05) is 7.11 Å². The van der Waals surface area contributed by atoms with Gasteiger partial charge >= 0.3 is 0 Å². The number of hydrogen-bond donors (Lipinski definition) is 1. The molecule has 2 aromatic heterocycles. The molecule has 2 N–H and O–H groups in total. The number of para-hydroxylation sites is 1. The number of halogens is 1. The second-order valence-electron chi connectivity index (χ2n) is 4.58. The van der Waals surface area contributed by atoms with Crippen LogP contribution in [0.5, 0.6) is 5.88 Å². The monoisotopic (exact) mass is 337 g/mol. The molecule has 0 radical (unpaired) electrons. The summed E-state index contributed by atoms with van der Waals surface area (Å²) in [7, 11) is -2.44. The largest absolute Gasteiger partial charge is 0.481 e. The summed E-state index contributed by atoms with van der Waals surface area (Å²) in [6.45, 7) is 0. The molecule has 0 bridgehead atoms. The molecule has 114 valence electrons. The van der Waals surface area contributed by atoms with Crippen molar-refractivity contribution < 1.29 is 13.2 Å². The summed E-state index contributed by atoms with van der Waals surface area (Å²) in [5.41, 5.74) is 1.24. The summed E-state index contributed by atoms with van der Waals surface area (Å²) >= 11 is 6.29. The molecule has 1 aromatic carbocycles. The van der Waals surface area contributed by atoms with Gasteiger partial charge in [-0.1, -0.05) is 29.8 Å². The fraction of sp³-hybridized carbons (Fsp3) is 0.0714. The highest BCUT2D eigenvalue weighted by Gasteiger charge is 2.24. The summed E-state index contributed by atoms with van der Waals surface area (Å²) < 4.78 is 30.3. The number of fused-ring (bicyclic) bond motifs is 1. The number of primary sulfonamides is 1. The van der Waals surface area contributed by atoms with Crippen LogP contribution in [0, 0.1) is 0 Å². The zero-order valence-electron chi connectivity index (χ0n) is 11.5. The highest BCUT2D eigenvalue weighted by molar-refractivity contribution is 7.89. The minimum atomic E-state index is -3.96. The normalized spacial score (nSPS) is 11.8. The lowest BCUT2D eigenvalue weighted by atomic mass is 10.2. The molecule has 0 spiro atoms. The molecule has 0 atom stereocenters. The molecule has 0 amide bonds. The third kappa shape index (κ3) is 2.33. The number of methoxy groups -OCH3 is 1. The average Bonchev–Trinajstić information content (AvgIpc) is 2.79. The van der Waals surface area contributed by atoms with Crippen LogP contribution in [0.4, 0.5) is 0 Å². The molecule has 0 aliphatic heterocycles. The molecule has 0 saturated carbocycles. The fourth-order valence-electron chi connectivity index (χ4n) is 2.33. The van der Waals surface area contributed by atoms with Crippen molar-refractivity contribution in [2.45, 2.75) is 4.90 Å². The van der Waals surface area contributed by atoms with E-state index in [9.17, 15) is 8.42 Å². The van der Waals surface area contributed by atoms with E-state index in [0.717, 1.165) is 0 Å². The van der Waals surface area contributed by atoms with Gasteiger partial charge in [0.05, 0.1) is 24.5 Å². The van der Waals surface area contributed by atoms with Crippen LogP contribution in [0.2, 0.25) is 5.15 Å². The summed E-state index contributed by atoms with van der Waals surface area (Å²) in [5, 5.41) is 5.79. The minimum absolute atomic E-state index is 0.0238. The van der Waals surface area contributed by atoms with Gasteiger partial charge < -0.3 is 4.74 Å². The van der Waals surface area contributed by atoms with Crippen LogP contribution in [0.15, 0.2) is 47.5 Å². The Labute approximate surface area is 132 Å². The lowest BCUT2D eigenvalue weighted by Gasteiger charge is -2.07. The van der Waals surface area contributed by atoms with Crippen molar-refractivity contribution in [1.29, 1.82) is 0 Å². The van der Waals surface area contributed by atoms with E-state index < -0.39 is 10.0 Å². The summed E-state index contributed by atoms with van der Waals surface area (Å²) in [4.78, 5) is 4.01. The van der Waals surface area contributed by atoms with E-state index >= 15 is 0 Å². The van der Waals surface area contributed by atoms with Gasteiger partial charge in [0.1, 0.15) is 10.0 Å². The number of sulfonamides is 1. The van der Waals surface area contributed by atoms with Crippen molar-refractivity contribution in [3.8, 4) is 11.6 Å². The molecule has 0 aliphatic carbocycles. The highest BCUT2D eigenvalue weighted by atomic mass is 35.5. The Morgan fingerprint density at radius 1 is 1.23 bits per heavy atom. The Hall–Kier alpha value is -2.09. The molecule has 0 fully saturated rings. The molecule has 2 heterocycles. The van der Waals surface area contributed by atoms with Crippen LogP contribution >= 0.6 is 11.6 Å². The van der Waals surface area contributed by atoms with Gasteiger partial charge in [-0.2, -0.15) is 0 Å². The Balaban J connectivity index is 2.36. The standard InChI is InChI=1S/C14H12ClN3O3S/c1-21-12-7-6-9(8-17-12)18-11-5-3-2-4-10(11)13(14(18)15)22(16,19)20/h2-8H,1H3,(H2,16,19,20). The third-order valence-electron chi connectivity index (χ3n) is 3.25. The quantitative estimate of drug-likeness (QED) is 0.794. The van der Waals surface area contributed by atoms with Crippen LogP contribution in [0.25, 0.3) is 16.6 Å². The number of aromatic nitrogens is 2. The number of ether oxygens (including phenoxy) is 1. The van der Waals surface area contributed by atoms with E-state index in [2.05, 4.69) is 4.98 Å². The average molecular weight is 338 g/mol. The topological polar surface area (TPSA) is 87.2 Å². The second kappa shape index (κ2) is 5.28. The first-order chi connectivity index (χ1) is 10.4. The highest BCUT2D eigenvalue weighted by Crippen LogP contribution is 2.35. The van der Waals surface area contributed by atoms with Crippen molar-refractivity contribution in [1.82, 2.24) is 9.55 Å². The van der Waals surface area contributed by atoms with Crippen LogP contribution < -0.4 is 9.88 Å². The second-order valence-corrected chi connectivity index (χ2v) is 6.43. The van der Waals surface area contributed by atoms with Crippen LogP contribution in [0.3, 0.4) is 0 Å². The van der Waals surface area contributed by atoms with Crippen LogP contribution in [-0.2, 0) is 10.0 Å². The van der Waals surface area contributed by atoms with E-state index in [0.29, 0.717) is 22.5 Å². The van der Waals surface area contributed by atoms with E-state index in [1.807, 2.05) is 0 Å². The van der Waals surface area contributed by atoms with Gasteiger partial charge in [-0.15, -0.1) is 0 Å². The zero-order valence-corrected chi connectivity index (χ0v) is 13.1. The maximum atomic E-state index is 11.9. The Morgan fingerprint density at radius 3 is 2.55 bits per heavy atom. The predicted molar refractivity (Wildman–Crippen MR) is 84.0 cm³/mol. The Kier molecular flexibility index (Phi) is 3.56. The number of nitrogens with two attached hydrogens (primary N) is 1. The lowest BCUT2D eigenvalue weighted by molar-refractivity contribution is 0.398. The van der Waals surface area contributed by atoms with E-state index in [1.54, 1.807) is 47.2 Å². The minimum Gasteiger partial charge on any atom is -0.481 e. The molecule has 0 aliphatic rings. The molecule has 3 aromatic rings. The molecule has 6 nitrogen and oxygen atoms in total. The molecular formula is C14H12ClN3O3S. The van der Waals surface area contributed by atoms with E-state index in [-0.39, 0.29) is 10.0 Å². The van der Waals surface area contributed by atoms with Crippen molar-refractivity contribution in [2.24, 2.45) is 5.14 Å². The van der Waals surface area contributed by atoms with Crippen LogP contribution in [-0.4, -0.2) is 25.1 Å². The number of benzene rings is 1. The zero-order chi connectivity index (χ0) is 15.9. The fourth-order valence-corrected chi connectivity index (χ4v) is 3.75. The first-order valence-corrected chi connectivity index (χ1v) is 8.18. The van der Waals surface area contributed by atoms with E-state index in [1.165, 1.54) is 7.11 Å². The van der Waals surface area contributed by atoms with Crippen molar-refractivity contribution in [3.63, 3.8) is 0 Å². The third-order valence-corrected chi connectivity index (χ3v) is 4.70. The van der Waals surface area contributed by atoms with Gasteiger partial charge in [0, 0.05) is 11.5 Å². The molecule has 8 heteroatoms. The van der Waals surface area contributed by atoms with Crippen molar-refractivity contribution in [3.05, 3.63) is 47.7 Å². The van der Waals surface area contributed by atoms with Gasteiger partial charge in [0.25, 0.3) is 0 Å². The maximum Gasteiger partial charge on any atom is 0.241 e. The van der Waals surface area contributed by atoms with E-state index in [4.69, 9.17) is 21.5 Å². The number of rotatable bonds is 3. The lowest BCUT2D eigenvalue weighted by Crippen LogP contribution is -2.12. The Bertz CT molecular complexity index is 949. The summed E-state index contributed by atoms with van der Waals surface area (Å²) in [6, 6.07) is 10.3. The molecule has 22 heavy (non-hydrogen) atoms. The molecule has 0 saturated heterocycles. The Morgan fingerprint density at radius 2 is 1.95 bits per heavy atom. The van der Waals surface area contributed by atoms with Crippen molar-refractivity contribution >= 4 is 32.5 Å². The number of nitrogens with zero attached hydrogens (tertiary/aromatic N) is 2. The summed E-state index contributed by atoms with van der Waals surface area (Å²) in [5.74, 6) is 0.447. The van der Waals surface area contributed by atoms with Gasteiger partial charge in [0.15, 0.2) is 0 Å². The van der Waals surface area contributed by atoms with Gasteiger partial charge in [-0.05, 0) is 12.1 Å². The smallest absolute Gasteiger partial charge is 0.241 e.